The standard InChI is InChI=1S/C34H45FN4O6Si/c1-21-31(46(3,4)35)29(18-30(41)38-16-6-7-24(38)20-40)45-34(21)26-17-25(44-2)13-14-28(26)39(33(34)43)19-22-9-11-23(12-10-22)37-32(42)27-8-5-15-36-27/h9-14,17,21,24,27,29,31,36,40H,5-8,15-16,18-20H2,1-4H3,(H,37,42)/t21-,24-,27+,29+,31-,34+/m0/s1. The number of hydrogen-bond donors (Lipinski definition) is 3. The van der Waals surface area contributed by atoms with Crippen LogP contribution >= 0.6 is 0 Å². The quantitative estimate of drug-likeness (QED) is 0.276. The Kier molecular flexibility index (Phi) is 9.01. The highest BCUT2D eigenvalue weighted by Crippen LogP contribution is 2.60. The monoisotopic (exact) mass is 652 g/mol. The van der Waals surface area contributed by atoms with Crippen LogP contribution in [0.15, 0.2) is 42.5 Å². The summed E-state index contributed by atoms with van der Waals surface area (Å²) in [4.78, 5) is 44.1. The van der Waals surface area contributed by atoms with Crippen molar-refractivity contribution < 1.29 is 33.1 Å². The van der Waals surface area contributed by atoms with Crippen molar-refractivity contribution in [2.45, 2.75) is 88.0 Å². The van der Waals surface area contributed by atoms with E-state index in [1.54, 1.807) is 42.1 Å². The lowest BCUT2D eigenvalue weighted by Gasteiger charge is -2.31. The van der Waals surface area contributed by atoms with Gasteiger partial charge in [-0.1, -0.05) is 19.1 Å². The van der Waals surface area contributed by atoms with Crippen LogP contribution in [0.25, 0.3) is 0 Å². The van der Waals surface area contributed by atoms with Crippen LogP contribution in [0.5, 0.6) is 5.75 Å². The fraction of sp³-hybridized carbons (Fsp3) is 0.559. The lowest BCUT2D eigenvalue weighted by Crippen LogP contribution is -2.45. The number of ether oxygens (including phenoxy) is 2. The first-order chi connectivity index (χ1) is 22.0. The van der Waals surface area contributed by atoms with Crippen molar-refractivity contribution in [1.29, 1.82) is 0 Å². The van der Waals surface area contributed by atoms with Crippen molar-refractivity contribution in [2.75, 3.05) is 37.0 Å². The fourth-order valence-electron chi connectivity index (χ4n) is 8.17. The van der Waals surface area contributed by atoms with E-state index in [2.05, 4.69) is 10.6 Å². The minimum atomic E-state index is -3.46. The van der Waals surface area contributed by atoms with E-state index >= 15 is 4.11 Å². The van der Waals surface area contributed by atoms with Crippen molar-refractivity contribution in [2.24, 2.45) is 5.92 Å². The van der Waals surface area contributed by atoms with E-state index in [0.717, 1.165) is 37.8 Å². The Hall–Kier alpha value is -3.32. The van der Waals surface area contributed by atoms with E-state index in [1.165, 1.54) is 0 Å². The molecule has 0 bridgehead atoms. The molecule has 46 heavy (non-hydrogen) atoms. The number of nitrogens with zero attached hydrogens (tertiary/aromatic N) is 2. The van der Waals surface area contributed by atoms with Crippen LogP contribution in [0.1, 0.15) is 50.2 Å². The van der Waals surface area contributed by atoms with Crippen LogP contribution in [-0.2, 0) is 31.3 Å². The average Bonchev–Trinajstić information content (AvgIpc) is 3.82. The lowest BCUT2D eigenvalue weighted by molar-refractivity contribution is -0.150. The molecule has 0 radical (unpaired) electrons. The topological polar surface area (TPSA) is 120 Å². The van der Waals surface area contributed by atoms with E-state index in [1.807, 2.05) is 37.3 Å². The van der Waals surface area contributed by atoms with Gasteiger partial charge in [0, 0.05) is 29.3 Å². The van der Waals surface area contributed by atoms with Crippen LogP contribution in [0.3, 0.4) is 0 Å². The van der Waals surface area contributed by atoms with Gasteiger partial charge in [-0.05, 0) is 81.2 Å². The molecule has 6 rings (SSSR count). The molecule has 0 unspecified atom stereocenters. The molecule has 3 amide bonds. The summed E-state index contributed by atoms with van der Waals surface area (Å²) in [5.41, 5.74) is 0.696. The molecule has 1 spiro atoms. The molecule has 2 aromatic carbocycles. The van der Waals surface area contributed by atoms with E-state index in [0.29, 0.717) is 29.2 Å². The Morgan fingerprint density at radius 1 is 1.17 bits per heavy atom. The maximum atomic E-state index is 16.2. The number of benzene rings is 2. The van der Waals surface area contributed by atoms with Gasteiger partial charge in [0.25, 0.3) is 5.91 Å². The third-order valence-electron chi connectivity index (χ3n) is 10.4. The number of aliphatic hydroxyl groups excluding tert-OH is 1. The zero-order valence-electron chi connectivity index (χ0n) is 27.1. The molecule has 2 aromatic rings. The molecule has 3 N–H and O–H groups in total. The number of fused-ring (bicyclic) bond motifs is 2. The Bertz CT molecular complexity index is 1480. The molecular weight excluding hydrogens is 607 g/mol. The summed E-state index contributed by atoms with van der Waals surface area (Å²) in [7, 11) is -1.90. The zero-order chi connectivity index (χ0) is 32.8. The normalized spacial score (nSPS) is 29.1. The number of nitrogens with one attached hydrogen (secondary N) is 2. The maximum Gasteiger partial charge on any atom is 0.264 e. The van der Waals surface area contributed by atoms with Gasteiger partial charge in [-0.15, -0.1) is 0 Å². The van der Waals surface area contributed by atoms with Gasteiger partial charge in [0.05, 0.1) is 50.6 Å². The maximum absolute atomic E-state index is 16.2. The van der Waals surface area contributed by atoms with Gasteiger partial charge in [0.2, 0.25) is 20.2 Å². The second kappa shape index (κ2) is 12.7. The average molecular weight is 653 g/mol. The number of likely N-dealkylation sites (tertiary alicyclic amines) is 1. The Morgan fingerprint density at radius 3 is 2.59 bits per heavy atom. The Balaban J connectivity index is 1.29. The van der Waals surface area contributed by atoms with E-state index in [4.69, 9.17) is 9.47 Å². The van der Waals surface area contributed by atoms with Gasteiger partial charge in [-0.3, -0.25) is 14.4 Å². The van der Waals surface area contributed by atoms with Gasteiger partial charge < -0.3 is 39.1 Å². The fourth-order valence-corrected chi connectivity index (χ4v) is 10.7. The number of amides is 3. The predicted molar refractivity (Wildman–Crippen MR) is 175 cm³/mol. The summed E-state index contributed by atoms with van der Waals surface area (Å²) in [6.07, 6.45) is 2.47. The number of rotatable bonds is 9. The van der Waals surface area contributed by atoms with Gasteiger partial charge in [0.1, 0.15) is 5.75 Å². The minimum absolute atomic E-state index is 0.0518. The Labute approximate surface area is 270 Å². The van der Waals surface area contributed by atoms with Crippen molar-refractivity contribution in [3.05, 3.63) is 53.6 Å². The van der Waals surface area contributed by atoms with Gasteiger partial charge in [-0.2, -0.15) is 0 Å². The molecule has 3 saturated heterocycles. The van der Waals surface area contributed by atoms with Crippen LogP contribution in [0, 0.1) is 5.92 Å². The smallest absolute Gasteiger partial charge is 0.264 e. The van der Waals surface area contributed by atoms with Crippen LogP contribution in [-0.4, -0.2) is 81.1 Å². The van der Waals surface area contributed by atoms with Gasteiger partial charge >= 0.3 is 0 Å². The molecule has 0 aliphatic carbocycles. The zero-order valence-corrected chi connectivity index (χ0v) is 28.1. The number of hydrogen-bond acceptors (Lipinski definition) is 7. The van der Waals surface area contributed by atoms with Crippen LogP contribution in [0.2, 0.25) is 18.6 Å². The molecule has 0 saturated carbocycles. The SMILES string of the molecule is COc1ccc2c(c1)[C@@]1(O[C@H](CC(=O)N3CCC[C@H]3CO)[C@@H]([Si](C)(C)F)[C@@H]1C)C(=O)N2Cc1ccc(NC(=O)[C@H]2CCCN2)cc1. The third kappa shape index (κ3) is 5.73. The summed E-state index contributed by atoms with van der Waals surface area (Å²) >= 11 is 0. The van der Waals surface area contributed by atoms with E-state index in [-0.39, 0.29) is 49.4 Å². The van der Waals surface area contributed by atoms with Crippen molar-refractivity contribution in [3.63, 3.8) is 0 Å². The molecule has 4 heterocycles. The molecule has 6 atom stereocenters. The van der Waals surface area contributed by atoms with E-state index < -0.39 is 31.6 Å². The summed E-state index contributed by atoms with van der Waals surface area (Å²) in [6.45, 7) is 6.62. The second-order valence-electron chi connectivity index (χ2n) is 13.7. The highest BCUT2D eigenvalue weighted by atomic mass is 28.4. The second-order valence-corrected chi connectivity index (χ2v) is 17.4. The molecular formula is C34H45FN4O6Si. The third-order valence-corrected chi connectivity index (χ3v) is 12.8. The number of halogens is 1. The molecule has 3 fully saturated rings. The minimum Gasteiger partial charge on any atom is -0.497 e. The highest BCUT2D eigenvalue weighted by Gasteiger charge is 2.67. The number of carbonyl (C=O) groups excluding carboxylic acids is 3. The van der Waals surface area contributed by atoms with E-state index in [9.17, 15) is 19.5 Å². The highest BCUT2D eigenvalue weighted by molar-refractivity contribution is 6.72. The number of anilines is 2. The first-order valence-corrected chi connectivity index (χ1v) is 19.3. The molecule has 10 nitrogen and oxygen atoms in total. The number of aliphatic hydroxyl groups is 1. The van der Waals surface area contributed by atoms with Gasteiger partial charge in [-0.25, -0.2) is 0 Å². The first kappa shape index (κ1) is 32.6. The van der Waals surface area contributed by atoms with Crippen molar-refractivity contribution in [3.8, 4) is 5.75 Å². The first-order valence-electron chi connectivity index (χ1n) is 16.4. The summed E-state index contributed by atoms with van der Waals surface area (Å²) < 4.78 is 28.5. The largest absolute Gasteiger partial charge is 0.497 e. The molecule has 4 aliphatic heterocycles. The Morgan fingerprint density at radius 2 is 1.93 bits per heavy atom. The van der Waals surface area contributed by atoms with Crippen molar-refractivity contribution >= 4 is 37.5 Å². The number of methoxy groups -OCH3 is 1. The number of carbonyl (C=O) groups is 3. The summed E-state index contributed by atoms with van der Waals surface area (Å²) in [5.74, 6) is -0.528. The lowest BCUT2D eigenvalue weighted by atomic mass is 9.82. The molecule has 4 aliphatic rings. The van der Waals surface area contributed by atoms with Crippen LogP contribution < -0.4 is 20.3 Å². The van der Waals surface area contributed by atoms with Crippen molar-refractivity contribution in [1.82, 2.24) is 10.2 Å². The summed E-state index contributed by atoms with van der Waals surface area (Å²) in [5, 5.41) is 16.0. The molecule has 0 aromatic heterocycles. The molecule has 12 heteroatoms. The predicted octanol–water partition coefficient (Wildman–Crippen LogP) is 4.08. The summed E-state index contributed by atoms with van der Waals surface area (Å²) in [6, 6.07) is 12.4. The van der Waals surface area contributed by atoms with Crippen LogP contribution in [0.4, 0.5) is 15.5 Å². The molecule has 248 valence electrons. The van der Waals surface area contributed by atoms with Gasteiger partial charge in [0.15, 0.2) is 5.60 Å².